The first-order valence-corrected chi connectivity index (χ1v) is 5.12. The molecule has 0 aromatic carbocycles. The maximum absolute atomic E-state index is 11.8. The fourth-order valence-corrected chi connectivity index (χ4v) is 1.38. The maximum atomic E-state index is 11.8. The van der Waals surface area contributed by atoms with Crippen molar-refractivity contribution in [1.82, 2.24) is 9.38 Å². The molecule has 4 nitrogen and oxygen atoms in total. The van der Waals surface area contributed by atoms with Crippen LogP contribution in [0.5, 0.6) is 0 Å². The second-order valence-electron chi connectivity index (χ2n) is 4.61. The van der Waals surface area contributed by atoms with Crippen LogP contribution >= 0.6 is 0 Å². The number of rotatable bonds is 1. The predicted molar refractivity (Wildman–Crippen MR) is 60.4 cm³/mol. The monoisotopic (exact) mass is 218 g/mol. The van der Waals surface area contributed by atoms with Crippen molar-refractivity contribution in [2.45, 2.75) is 26.4 Å². The zero-order valence-electron chi connectivity index (χ0n) is 9.60. The van der Waals surface area contributed by atoms with E-state index < -0.39 is 5.60 Å². The molecule has 2 aromatic rings. The van der Waals surface area contributed by atoms with Crippen LogP contribution in [-0.2, 0) is 4.74 Å². The van der Waals surface area contributed by atoms with Crippen molar-refractivity contribution in [3.8, 4) is 0 Å². The summed E-state index contributed by atoms with van der Waals surface area (Å²) in [5.41, 5.74) is 0.869. The molecule has 0 aliphatic carbocycles. The zero-order valence-corrected chi connectivity index (χ0v) is 9.60. The van der Waals surface area contributed by atoms with E-state index in [9.17, 15) is 4.79 Å². The van der Waals surface area contributed by atoms with Gasteiger partial charge in [-0.3, -0.25) is 0 Å². The van der Waals surface area contributed by atoms with E-state index in [-0.39, 0.29) is 5.97 Å². The lowest BCUT2D eigenvalue weighted by atomic mass is 10.2. The van der Waals surface area contributed by atoms with E-state index >= 15 is 0 Å². The molecule has 2 heterocycles. The van der Waals surface area contributed by atoms with Gasteiger partial charge in [0.1, 0.15) is 11.2 Å². The van der Waals surface area contributed by atoms with Crippen LogP contribution in [0.1, 0.15) is 31.1 Å². The Balaban J connectivity index is 2.29. The van der Waals surface area contributed by atoms with E-state index in [1.165, 1.54) is 0 Å². The maximum Gasteiger partial charge on any atom is 0.340 e. The lowest BCUT2D eigenvalue weighted by molar-refractivity contribution is 0.00690. The van der Waals surface area contributed by atoms with Gasteiger partial charge in [0, 0.05) is 18.6 Å². The average Bonchev–Trinajstić information content (AvgIpc) is 2.61. The minimum atomic E-state index is -0.471. The number of aromatic nitrogens is 2. The third kappa shape index (κ3) is 2.21. The number of hydrogen-bond donors (Lipinski definition) is 0. The summed E-state index contributed by atoms with van der Waals surface area (Å²) in [7, 11) is 0. The normalized spacial score (nSPS) is 11.7. The number of esters is 1. The van der Waals surface area contributed by atoms with Crippen LogP contribution in [0.25, 0.3) is 5.65 Å². The summed E-state index contributed by atoms with van der Waals surface area (Å²) >= 11 is 0. The van der Waals surface area contributed by atoms with Gasteiger partial charge in [-0.05, 0) is 32.9 Å². The molecule has 0 saturated carbocycles. The summed E-state index contributed by atoms with van der Waals surface area (Å²) in [4.78, 5) is 15.9. The predicted octanol–water partition coefficient (Wildman–Crippen LogP) is 2.29. The summed E-state index contributed by atoms with van der Waals surface area (Å²) in [6, 6.07) is 3.51. The second kappa shape index (κ2) is 3.63. The highest BCUT2D eigenvalue weighted by molar-refractivity contribution is 5.89. The summed E-state index contributed by atoms with van der Waals surface area (Å²) in [5, 5.41) is 0. The number of hydrogen-bond acceptors (Lipinski definition) is 3. The van der Waals surface area contributed by atoms with Gasteiger partial charge in [-0.15, -0.1) is 0 Å². The summed E-state index contributed by atoms with van der Waals surface area (Å²) in [6.45, 7) is 5.54. The van der Waals surface area contributed by atoms with Crippen molar-refractivity contribution in [2.75, 3.05) is 0 Å². The second-order valence-corrected chi connectivity index (χ2v) is 4.61. The standard InChI is InChI=1S/C12H14N2O2/c1-12(2,3)16-11(15)9-4-5-10-13-6-7-14(10)8-9/h4-8H,1-3H3. The fourth-order valence-electron chi connectivity index (χ4n) is 1.38. The molecule has 0 aliphatic rings. The van der Waals surface area contributed by atoms with E-state index in [1.54, 1.807) is 35.1 Å². The Bertz CT molecular complexity index is 523. The van der Waals surface area contributed by atoms with Crippen LogP contribution in [0.2, 0.25) is 0 Å². The zero-order chi connectivity index (χ0) is 11.8. The summed E-state index contributed by atoms with van der Waals surface area (Å²) in [6.07, 6.45) is 5.20. The van der Waals surface area contributed by atoms with Gasteiger partial charge in [0.15, 0.2) is 0 Å². The highest BCUT2D eigenvalue weighted by Crippen LogP contribution is 2.12. The molecule has 0 saturated heterocycles. The first-order valence-electron chi connectivity index (χ1n) is 5.12. The summed E-state index contributed by atoms with van der Waals surface area (Å²) < 4.78 is 7.07. The van der Waals surface area contributed by atoms with Crippen molar-refractivity contribution in [2.24, 2.45) is 0 Å². The van der Waals surface area contributed by atoms with Crippen molar-refractivity contribution in [3.05, 3.63) is 36.3 Å². The first kappa shape index (κ1) is 10.7. The molecule has 16 heavy (non-hydrogen) atoms. The Kier molecular flexibility index (Phi) is 2.42. The molecular weight excluding hydrogens is 204 g/mol. The molecular formula is C12H14N2O2. The van der Waals surface area contributed by atoms with Gasteiger partial charge in [0.05, 0.1) is 5.56 Å². The molecule has 0 N–H and O–H groups in total. The van der Waals surface area contributed by atoms with Crippen LogP contribution in [-0.4, -0.2) is 21.0 Å². The number of imidazole rings is 1. The van der Waals surface area contributed by atoms with Crippen LogP contribution in [0.4, 0.5) is 0 Å². The number of nitrogens with zero attached hydrogens (tertiary/aromatic N) is 2. The van der Waals surface area contributed by atoms with Gasteiger partial charge in [0.25, 0.3) is 0 Å². The van der Waals surface area contributed by atoms with Gasteiger partial charge in [0.2, 0.25) is 0 Å². The van der Waals surface area contributed by atoms with E-state index in [0.717, 1.165) is 5.65 Å². The first-order chi connectivity index (χ1) is 7.46. The highest BCUT2D eigenvalue weighted by Gasteiger charge is 2.18. The third-order valence-corrected chi connectivity index (χ3v) is 2.02. The largest absolute Gasteiger partial charge is 0.456 e. The molecule has 0 spiro atoms. The van der Waals surface area contributed by atoms with Gasteiger partial charge < -0.3 is 9.14 Å². The molecule has 0 fully saturated rings. The Labute approximate surface area is 93.9 Å². The van der Waals surface area contributed by atoms with Crippen molar-refractivity contribution in [1.29, 1.82) is 0 Å². The van der Waals surface area contributed by atoms with Gasteiger partial charge in [-0.25, -0.2) is 9.78 Å². The number of ether oxygens (including phenoxy) is 1. The molecule has 0 atom stereocenters. The third-order valence-electron chi connectivity index (χ3n) is 2.02. The van der Waals surface area contributed by atoms with Crippen molar-refractivity contribution >= 4 is 11.6 Å². The van der Waals surface area contributed by atoms with Crippen molar-refractivity contribution < 1.29 is 9.53 Å². The average molecular weight is 218 g/mol. The Morgan fingerprint density at radius 1 is 1.38 bits per heavy atom. The molecule has 0 bridgehead atoms. The van der Waals surface area contributed by atoms with Gasteiger partial charge in [-0.2, -0.15) is 0 Å². The van der Waals surface area contributed by atoms with Crippen LogP contribution in [0.3, 0.4) is 0 Å². The van der Waals surface area contributed by atoms with E-state index in [1.807, 2.05) is 20.8 Å². The van der Waals surface area contributed by atoms with Crippen LogP contribution in [0.15, 0.2) is 30.7 Å². The molecule has 2 rings (SSSR count). The molecule has 0 unspecified atom stereocenters. The Hall–Kier alpha value is -1.84. The highest BCUT2D eigenvalue weighted by atomic mass is 16.6. The fraction of sp³-hybridized carbons (Fsp3) is 0.333. The molecule has 0 radical (unpaired) electrons. The molecule has 0 amide bonds. The van der Waals surface area contributed by atoms with E-state index in [0.29, 0.717) is 5.56 Å². The number of pyridine rings is 1. The van der Waals surface area contributed by atoms with Crippen molar-refractivity contribution in [3.63, 3.8) is 0 Å². The molecule has 4 heteroatoms. The lowest BCUT2D eigenvalue weighted by Crippen LogP contribution is -2.24. The SMILES string of the molecule is CC(C)(C)OC(=O)c1ccc2nccn2c1. The molecule has 84 valence electrons. The minimum absolute atomic E-state index is 0.317. The number of carbonyl (C=O) groups is 1. The molecule has 2 aromatic heterocycles. The van der Waals surface area contributed by atoms with E-state index in [4.69, 9.17) is 4.74 Å². The lowest BCUT2D eigenvalue weighted by Gasteiger charge is -2.19. The Morgan fingerprint density at radius 2 is 2.12 bits per heavy atom. The number of fused-ring (bicyclic) bond motifs is 1. The molecule has 0 aliphatic heterocycles. The Morgan fingerprint density at radius 3 is 2.81 bits per heavy atom. The smallest absolute Gasteiger partial charge is 0.340 e. The van der Waals surface area contributed by atoms with Crippen LogP contribution in [0, 0.1) is 0 Å². The topological polar surface area (TPSA) is 43.6 Å². The van der Waals surface area contributed by atoms with Gasteiger partial charge >= 0.3 is 5.97 Å². The quantitative estimate of drug-likeness (QED) is 0.690. The van der Waals surface area contributed by atoms with Crippen LogP contribution < -0.4 is 0 Å². The number of carbonyl (C=O) groups excluding carboxylic acids is 1. The minimum Gasteiger partial charge on any atom is -0.456 e. The summed E-state index contributed by atoms with van der Waals surface area (Å²) in [5.74, 6) is -0.317. The van der Waals surface area contributed by atoms with Gasteiger partial charge in [-0.1, -0.05) is 0 Å². The van der Waals surface area contributed by atoms with E-state index in [2.05, 4.69) is 4.98 Å².